The van der Waals surface area contributed by atoms with Crippen LogP contribution in [0.1, 0.15) is 75.2 Å². The maximum atomic E-state index is 15.3. The van der Waals surface area contributed by atoms with E-state index in [1.54, 1.807) is 27.7 Å². The number of Topliss-reactive ketones (excluding diaryl/α,β-unsaturated/α-hetero) is 2. The topological polar surface area (TPSA) is 174 Å². The Balaban J connectivity index is 2.15. The molecule has 2 bridgehead atoms. The number of aliphatic hydroxyl groups is 1. The van der Waals surface area contributed by atoms with Crippen molar-refractivity contribution in [1.82, 2.24) is 0 Å². The van der Waals surface area contributed by atoms with Crippen molar-refractivity contribution in [3.63, 3.8) is 0 Å². The Hall–Kier alpha value is -2.57. The lowest BCUT2D eigenvalue weighted by molar-refractivity contribution is -0.328. The molecular formula is C30H45N3O9Si. The van der Waals surface area contributed by atoms with Crippen molar-refractivity contribution in [3.05, 3.63) is 21.6 Å². The summed E-state index contributed by atoms with van der Waals surface area (Å²) in [6, 6.07) is 0.892. The maximum absolute atomic E-state index is 15.3. The SMILES string of the molecule is CC[Si](CC)(CC)O[C@H]1C[C@H]2OC[C@@]2(OC(C)=O)[C@H]2[C@H](N=[N+]=[N-])[C@]3(O)CC(=O)C(C)=C([C@@H](OC(C)=O)C(=O)[C@]12C)C3(C)C. The van der Waals surface area contributed by atoms with E-state index in [0.717, 1.165) is 18.1 Å². The van der Waals surface area contributed by atoms with Crippen molar-refractivity contribution in [2.45, 2.75) is 129 Å². The monoisotopic (exact) mass is 619 g/mol. The number of fused-ring (bicyclic) bond motifs is 5. The summed E-state index contributed by atoms with van der Waals surface area (Å²) in [5, 5.41) is 16.9. The number of hydrogen-bond acceptors (Lipinski definition) is 10. The quantitative estimate of drug-likeness (QED) is 0.136. The molecule has 13 heteroatoms. The molecular weight excluding hydrogens is 574 g/mol. The Morgan fingerprint density at radius 1 is 1.12 bits per heavy atom. The Morgan fingerprint density at radius 2 is 1.72 bits per heavy atom. The molecule has 1 N–H and O–H groups in total. The lowest BCUT2D eigenvalue weighted by Gasteiger charge is -2.68. The van der Waals surface area contributed by atoms with Crippen LogP contribution in [0, 0.1) is 16.7 Å². The standard InChI is InChI=1S/C30H45N3O9Si/c1-10-43(11-2,12-3)42-20-13-21-29(15-39-21,41-18(6)35)24-25(32-33-31)30(38)14-19(36)16(4)22(27(30,7)8)23(40-17(5)34)26(37)28(20,24)9/h20-21,23-25,38H,10-15H2,1-9H3/t20-,21+,23+,24-,25-,28+,29-,30+/m0/s1. The predicted octanol–water partition coefficient (Wildman–Crippen LogP) is 4.34. The van der Waals surface area contributed by atoms with E-state index in [-0.39, 0.29) is 24.2 Å². The fourth-order valence-electron chi connectivity index (χ4n) is 8.51. The van der Waals surface area contributed by atoms with E-state index in [2.05, 4.69) is 30.8 Å². The molecule has 1 aliphatic heterocycles. The Kier molecular flexibility index (Phi) is 8.60. The van der Waals surface area contributed by atoms with Gasteiger partial charge in [-0.3, -0.25) is 19.2 Å². The summed E-state index contributed by atoms with van der Waals surface area (Å²) in [6.07, 6.45) is -3.31. The lowest BCUT2D eigenvalue weighted by atomic mass is 9.44. The smallest absolute Gasteiger partial charge is 0.303 e. The van der Waals surface area contributed by atoms with Gasteiger partial charge in [0.2, 0.25) is 0 Å². The molecule has 0 radical (unpaired) electrons. The van der Waals surface area contributed by atoms with E-state index in [9.17, 15) is 25.0 Å². The molecule has 0 aromatic rings. The van der Waals surface area contributed by atoms with E-state index < -0.39 is 90.5 Å². The molecule has 3 fully saturated rings. The fraction of sp³-hybridized carbons (Fsp3) is 0.800. The Labute approximate surface area is 253 Å². The van der Waals surface area contributed by atoms with Crippen LogP contribution in [0.5, 0.6) is 0 Å². The van der Waals surface area contributed by atoms with Crippen LogP contribution >= 0.6 is 0 Å². The number of nitrogens with zero attached hydrogens (tertiary/aromatic N) is 3. The molecule has 0 aromatic carbocycles. The number of esters is 2. The number of carbonyl (C=O) groups excluding carboxylic acids is 4. The van der Waals surface area contributed by atoms with Gasteiger partial charge in [-0.1, -0.05) is 39.7 Å². The molecule has 1 heterocycles. The molecule has 8 atom stereocenters. The second-order valence-corrected chi connectivity index (χ2v) is 18.1. The molecule has 1 saturated heterocycles. The zero-order valence-electron chi connectivity index (χ0n) is 26.7. The van der Waals surface area contributed by atoms with E-state index in [0.29, 0.717) is 0 Å². The summed E-state index contributed by atoms with van der Waals surface area (Å²) in [4.78, 5) is 57.2. The van der Waals surface area contributed by atoms with E-state index in [1.165, 1.54) is 13.8 Å². The first-order valence-corrected chi connectivity index (χ1v) is 17.7. The number of ether oxygens (including phenoxy) is 3. The lowest BCUT2D eigenvalue weighted by Crippen LogP contribution is -2.81. The Morgan fingerprint density at radius 3 is 2.19 bits per heavy atom. The predicted molar refractivity (Wildman–Crippen MR) is 157 cm³/mol. The molecule has 0 amide bonds. The second-order valence-electron chi connectivity index (χ2n) is 13.4. The van der Waals surface area contributed by atoms with Crippen LogP contribution in [0.15, 0.2) is 16.3 Å². The van der Waals surface area contributed by atoms with Gasteiger partial charge in [-0.05, 0) is 48.7 Å². The largest absolute Gasteiger partial charge is 0.454 e. The van der Waals surface area contributed by atoms with Crippen molar-refractivity contribution < 1.29 is 42.9 Å². The van der Waals surface area contributed by atoms with Crippen LogP contribution in [0.4, 0.5) is 0 Å². The van der Waals surface area contributed by atoms with Crippen molar-refractivity contribution in [2.75, 3.05) is 6.61 Å². The summed E-state index contributed by atoms with van der Waals surface area (Å²) in [5.41, 5.74) is 3.78. The third-order valence-electron chi connectivity index (χ3n) is 11.3. The molecule has 0 aromatic heterocycles. The molecule has 12 nitrogen and oxygen atoms in total. The van der Waals surface area contributed by atoms with Gasteiger partial charge in [0, 0.05) is 42.9 Å². The highest BCUT2D eigenvalue weighted by Gasteiger charge is 2.77. The van der Waals surface area contributed by atoms with Crippen LogP contribution in [-0.4, -0.2) is 79.1 Å². The summed E-state index contributed by atoms with van der Waals surface area (Å²) >= 11 is 0. The third kappa shape index (κ3) is 4.61. The Bertz CT molecular complexity index is 1300. The fourth-order valence-corrected chi connectivity index (χ4v) is 11.5. The van der Waals surface area contributed by atoms with Crippen LogP contribution in [0.3, 0.4) is 0 Å². The van der Waals surface area contributed by atoms with E-state index in [1.807, 2.05) is 0 Å². The maximum Gasteiger partial charge on any atom is 0.303 e. The molecule has 4 rings (SSSR count). The summed E-state index contributed by atoms with van der Waals surface area (Å²) < 4.78 is 24.9. The first-order valence-electron chi connectivity index (χ1n) is 15.2. The average molecular weight is 620 g/mol. The highest BCUT2D eigenvalue weighted by atomic mass is 28.4. The minimum atomic E-state index is -2.42. The van der Waals surface area contributed by atoms with Gasteiger partial charge in [-0.15, -0.1) is 0 Å². The van der Waals surface area contributed by atoms with Crippen LogP contribution in [0.2, 0.25) is 18.1 Å². The van der Waals surface area contributed by atoms with Crippen LogP contribution < -0.4 is 0 Å². The molecule has 0 unspecified atom stereocenters. The summed E-state index contributed by atoms with van der Waals surface area (Å²) in [7, 11) is -2.42. The minimum Gasteiger partial charge on any atom is -0.454 e. The molecule has 3 aliphatic carbocycles. The van der Waals surface area contributed by atoms with Crippen molar-refractivity contribution in [2.24, 2.45) is 21.9 Å². The second kappa shape index (κ2) is 11.1. The number of allylic oxidation sites excluding steroid dienone is 1. The highest BCUT2D eigenvalue weighted by molar-refractivity contribution is 6.73. The van der Waals surface area contributed by atoms with E-state index in [4.69, 9.17) is 18.6 Å². The van der Waals surface area contributed by atoms with Crippen LogP contribution in [-0.2, 0) is 37.8 Å². The number of carbonyl (C=O) groups is 4. The summed E-state index contributed by atoms with van der Waals surface area (Å²) in [6.45, 7) is 15.0. The van der Waals surface area contributed by atoms with Crippen LogP contribution in [0.25, 0.3) is 10.4 Å². The molecule has 43 heavy (non-hydrogen) atoms. The summed E-state index contributed by atoms with van der Waals surface area (Å²) in [5.74, 6) is -3.59. The van der Waals surface area contributed by atoms with Gasteiger partial charge in [0.15, 0.2) is 31.6 Å². The highest BCUT2D eigenvalue weighted by Crippen LogP contribution is 2.64. The van der Waals surface area contributed by atoms with Gasteiger partial charge >= 0.3 is 11.9 Å². The molecule has 238 valence electrons. The number of hydrogen-bond donors (Lipinski definition) is 1. The zero-order chi connectivity index (χ0) is 32.3. The number of rotatable bonds is 8. The first-order chi connectivity index (χ1) is 20.0. The van der Waals surface area contributed by atoms with Gasteiger partial charge in [0.05, 0.1) is 29.8 Å². The molecule has 2 saturated carbocycles. The normalized spacial score (nSPS) is 38.4. The van der Waals surface area contributed by atoms with Gasteiger partial charge in [-0.2, -0.15) is 0 Å². The average Bonchev–Trinajstić information content (AvgIpc) is 2.92. The van der Waals surface area contributed by atoms with Crippen molar-refractivity contribution in [3.8, 4) is 0 Å². The first kappa shape index (κ1) is 33.3. The van der Waals surface area contributed by atoms with Gasteiger partial charge in [-0.25, -0.2) is 0 Å². The third-order valence-corrected chi connectivity index (χ3v) is 15.9. The van der Waals surface area contributed by atoms with Gasteiger partial charge < -0.3 is 23.7 Å². The molecule has 0 spiro atoms. The zero-order valence-corrected chi connectivity index (χ0v) is 27.7. The molecule has 4 aliphatic rings. The van der Waals surface area contributed by atoms with E-state index >= 15 is 4.79 Å². The number of ketones is 2. The van der Waals surface area contributed by atoms with Gasteiger partial charge in [0.25, 0.3) is 0 Å². The minimum absolute atomic E-state index is 0.114. The van der Waals surface area contributed by atoms with Gasteiger partial charge in [0.1, 0.15) is 6.10 Å². The van der Waals surface area contributed by atoms with Crippen molar-refractivity contribution >= 4 is 31.8 Å². The number of azide groups is 1. The van der Waals surface area contributed by atoms with Crippen molar-refractivity contribution in [1.29, 1.82) is 0 Å².